The minimum Gasteiger partial charge on any atom is -0.368 e. The maximum Gasteiger partial charge on any atom is 0.271 e. The third-order valence-corrected chi connectivity index (χ3v) is 3.20. The van der Waals surface area contributed by atoms with Gasteiger partial charge in [-0.3, -0.25) is 4.79 Å². The first-order chi connectivity index (χ1) is 9.29. The zero-order valence-electron chi connectivity index (χ0n) is 10.6. The van der Waals surface area contributed by atoms with Gasteiger partial charge in [-0.05, 0) is 19.1 Å². The molecule has 100 valence electrons. The molecule has 0 fully saturated rings. The van der Waals surface area contributed by atoms with Crippen LogP contribution in [0.3, 0.4) is 0 Å². The Bertz CT molecular complexity index is 511. The van der Waals surface area contributed by atoms with E-state index in [9.17, 15) is 4.79 Å². The van der Waals surface area contributed by atoms with Gasteiger partial charge in [0.05, 0.1) is 5.01 Å². The van der Waals surface area contributed by atoms with Gasteiger partial charge in [-0.15, -0.1) is 21.5 Å². The van der Waals surface area contributed by atoms with E-state index in [2.05, 4.69) is 25.8 Å². The predicted octanol–water partition coefficient (Wildman–Crippen LogP) is 1.34. The van der Waals surface area contributed by atoms with Gasteiger partial charge < -0.3 is 10.6 Å². The molecule has 2 heterocycles. The van der Waals surface area contributed by atoms with E-state index in [1.54, 1.807) is 29.7 Å². The van der Waals surface area contributed by atoms with Gasteiger partial charge in [0.15, 0.2) is 5.69 Å². The van der Waals surface area contributed by atoms with Crippen molar-refractivity contribution in [2.75, 3.05) is 18.4 Å². The van der Waals surface area contributed by atoms with Gasteiger partial charge in [-0.2, -0.15) is 0 Å². The van der Waals surface area contributed by atoms with Crippen LogP contribution in [0.5, 0.6) is 0 Å². The molecule has 6 nitrogen and oxygen atoms in total. The molecule has 0 aromatic carbocycles. The fraction of sp³-hybridized carbons (Fsp3) is 0.333. The third kappa shape index (κ3) is 3.99. The van der Waals surface area contributed by atoms with Crippen molar-refractivity contribution in [3.63, 3.8) is 0 Å². The highest BCUT2D eigenvalue weighted by Crippen LogP contribution is 2.06. The van der Waals surface area contributed by atoms with Gasteiger partial charge in [0, 0.05) is 31.1 Å². The lowest BCUT2D eigenvalue weighted by Crippen LogP contribution is -2.24. The predicted molar refractivity (Wildman–Crippen MR) is 74.3 cm³/mol. The number of nitrogens with zero attached hydrogens (tertiary/aromatic N) is 3. The van der Waals surface area contributed by atoms with E-state index < -0.39 is 0 Å². The second-order valence-electron chi connectivity index (χ2n) is 3.77. The standard InChI is InChI=1S/C12H15N5OS/c1-2-13-12(18)9-3-4-10(17-16-9)14-6-5-11-15-7-8-19-11/h3-4,7-8H,2,5-6H2,1H3,(H,13,18)(H,14,17). The molecule has 19 heavy (non-hydrogen) atoms. The molecule has 0 spiro atoms. The van der Waals surface area contributed by atoms with E-state index in [1.807, 2.05) is 12.3 Å². The SMILES string of the molecule is CCNC(=O)c1ccc(NCCc2nccs2)nn1. The lowest BCUT2D eigenvalue weighted by Gasteiger charge is -2.04. The third-order valence-electron chi connectivity index (χ3n) is 2.36. The van der Waals surface area contributed by atoms with Crippen LogP contribution in [0.4, 0.5) is 5.82 Å². The number of carbonyl (C=O) groups excluding carboxylic acids is 1. The highest BCUT2D eigenvalue weighted by molar-refractivity contribution is 7.09. The molecule has 0 aliphatic rings. The summed E-state index contributed by atoms with van der Waals surface area (Å²) >= 11 is 1.63. The molecule has 0 aliphatic carbocycles. The summed E-state index contributed by atoms with van der Waals surface area (Å²) in [7, 11) is 0. The molecule has 7 heteroatoms. The molecule has 2 rings (SSSR count). The minimum atomic E-state index is -0.204. The van der Waals surface area contributed by atoms with Crippen LogP contribution in [0.25, 0.3) is 0 Å². The summed E-state index contributed by atoms with van der Waals surface area (Å²) in [5.74, 6) is 0.453. The number of aromatic nitrogens is 3. The second kappa shape index (κ2) is 6.79. The quantitative estimate of drug-likeness (QED) is 0.833. The first kappa shape index (κ1) is 13.4. The summed E-state index contributed by atoms with van der Waals surface area (Å²) in [6, 6.07) is 3.41. The summed E-state index contributed by atoms with van der Waals surface area (Å²) in [5, 5.41) is 16.7. The van der Waals surface area contributed by atoms with Crippen molar-refractivity contribution in [1.82, 2.24) is 20.5 Å². The number of rotatable bonds is 6. The summed E-state index contributed by atoms with van der Waals surface area (Å²) in [6.45, 7) is 3.18. The Balaban J connectivity index is 1.83. The number of anilines is 1. The van der Waals surface area contributed by atoms with Crippen molar-refractivity contribution < 1.29 is 4.79 Å². The Morgan fingerprint density at radius 3 is 2.89 bits per heavy atom. The molecule has 0 saturated carbocycles. The lowest BCUT2D eigenvalue weighted by molar-refractivity contribution is 0.0950. The topological polar surface area (TPSA) is 79.8 Å². The van der Waals surface area contributed by atoms with Crippen LogP contribution in [-0.4, -0.2) is 34.2 Å². The number of thiazole rings is 1. The zero-order chi connectivity index (χ0) is 13.5. The first-order valence-electron chi connectivity index (χ1n) is 6.03. The Labute approximate surface area is 115 Å². The number of hydrogen-bond acceptors (Lipinski definition) is 6. The molecule has 0 unspecified atom stereocenters. The Kier molecular flexibility index (Phi) is 4.79. The molecule has 2 N–H and O–H groups in total. The monoisotopic (exact) mass is 277 g/mol. The van der Waals surface area contributed by atoms with Gasteiger partial charge in [0.25, 0.3) is 5.91 Å². The average molecular weight is 277 g/mol. The van der Waals surface area contributed by atoms with Crippen molar-refractivity contribution in [1.29, 1.82) is 0 Å². The molecular weight excluding hydrogens is 262 g/mol. The largest absolute Gasteiger partial charge is 0.368 e. The molecule has 2 aromatic heterocycles. The van der Waals surface area contributed by atoms with Gasteiger partial charge in [0.1, 0.15) is 5.82 Å². The number of nitrogens with one attached hydrogen (secondary N) is 2. The molecule has 0 aliphatic heterocycles. The van der Waals surface area contributed by atoms with E-state index in [1.165, 1.54) is 0 Å². The van der Waals surface area contributed by atoms with Crippen molar-refractivity contribution in [2.45, 2.75) is 13.3 Å². The van der Waals surface area contributed by atoms with Crippen LogP contribution < -0.4 is 10.6 Å². The van der Waals surface area contributed by atoms with Gasteiger partial charge in [-0.1, -0.05) is 0 Å². The fourth-order valence-electron chi connectivity index (χ4n) is 1.47. The fourth-order valence-corrected chi connectivity index (χ4v) is 2.09. The van der Waals surface area contributed by atoms with Crippen LogP contribution >= 0.6 is 11.3 Å². The van der Waals surface area contributed by atoms with Crippen LogP contribution in [0, 0.1) is 0 Å². The average Bonchev–Trinajstić information content (AvgIpc) is 2.93. The highest BCUT2D eigenvalue weighted by Gasteiger charge is 2.06. The van der Waals surface area contributed by atoms with Crippen molar-refractivity contribution in [3.8, 4) is 0 Å². The summed E-state index contributed by atoms with van der Waals surface area (Å²) in [5.41, 5.74) is 0.326. The minimum absolute atomic E-state index is 0.204. The van der Waals surface area contributed by atoms with Gasteiger partial charge >= 0.3 is 0 Å². The van der Waals surface area contributed by atoms with Crippen molar-refractivity contribution >= 4 is 23.1 Å². The van der Waals surface area contributed by atoms with Gasteiger partial charge in [0.2, 0.25) is 0 Å². The molecule has 0 radical (unpaired) electrons. The molecule has 0 atom stereocenters. The molecule has 0 bridgehead atoms. The Morgan fingerprint density at radius 1 is 1.37 bits per heavy atom. The summed E-state index contributed by atoms with van der Waals surface area (Å²) < 4.78 is 0. The zero-order valence-corrected chi connectivity index (χ0v) is 11.4. The summed E-state index contributed by atoms with van der Waals surface area (Å²) in [6.07, 6.45) is 2.64. The van der Waals surface area contributed by atoms with Crippen LogP contribution in [-0.2, 0) is 6.42 Å². The van der Waals surface area contributed by atoms with Crippen LogP contribution in [0.1, 0.15) is 22.4 Å². The molecule has 0 saturated heterocycles. The Morgan fingerprint density at radius 2 is 2.26 bits per heavy atom. The number of carbonyl (C=O) groups is 1. The molecule has 2 aromatic rings. The van der Waals surface area contributed by atoms with Crippen molar-refractivity contribution in [3.05, 3.63) is 34.4 Å². The maximum atomic E-state index is 11.5. The Hall–Kier alpha value is -2.02. The normalized spacial score (nSPS) is 10.2. The number of amides is 1. The van der Waals surface area contributed by atoms with E-state index in [4.69, 9.17) is 0 Å². The maximum absolute atomic E-state index is 11.5. The van der Waals surface area contributed by atoms with Gasteiger partial charge in [-0.25, -0.2) is 4.98 Å². The second-order valence-corrected chi connectivity index (χ2v) is 4.75. The van der Waals surface area contributed by atoms with Crippen LogP contribution in [0.2, 0.25) is 0 Å². The van der Waals surface area contributed by atoms with Crippen molar-refractivity contribution in [2.24, 2.45) is 0 Å². The lowest BCUT2D eigenvalue weighted by atomic mass is 10.3. The summed E-state index contributed by atoms with van der Waals surface area (Å²) in [4.78, 5) is 15.7. The number of hydrogen-bond donors (Lipinski definition) is 2. The van der Waals surface area contributed by atoms with Crippen LogP contribution in [0.15, 0.2) is 23.7 Å². The van der Waals surface area contributed by atoms with E-state index in [0.29, 0.717) is 18.1 Å². The van der Waals surface area contributed by atoms with E-state index in [0.717, 1.165) is 18.0 Å². The molecular formula is C12H15N5OS. The highest BCUT2D eigenvalue weighted by atomic mass is 32.1. The molecule has 1 amide bonds. The van der Waals surface area contributed by atoms with E-state index in [-0.39, 0.29) is 5.91 Å². The smallest absolute Gasteiger partial charge is 0.271 e. The van der Waals surface area contributed by atoms with E-state index >= 15 is 0 Å². The first-order valence-corrected chi connectivity index (χ1v) is 6.91.